The fraction of sp³-hybridized carbons (Fsp3) is 0.312. The topological polar surface area (TPSA) is 146 Å². The van der Waals surface area contributed by atoms with Crippen LogP contribution in [0.1, 0.15) is 5.56 Å². The Hall–Kier alpha value is -1.79. The molecule has 3 rings (SSSR count). The van der Waals surface area contributed by atoms with Crippen LogP contribution in [0.3, 0.4) is 0 Å². The van der Waals surface area contributed by atoms with Crippen LogP contribution in [0, 0.1) is 0 Å². The summed E-state index contributed by atoms with van der Waals surface area (Å²) in [7, 11) is -5.21. The number of alkyl halides is 1. The number of hydrogen-bond acceptors (Lipinski definition) is 8. The summed E-state index contributed by atoms with van der Waals surface area (Å²) in [5.74, 6) is 0.129. The lowest BCUT2D eigenvalue weighted by atomic mass is 9.93. The van der Waals surface area contributed by atoms with Crippen LogP contribution in [-0.2, 0) is 19.8 Å². The van der Waals surface area contributed by atoms with E-state index in [1.165, 1.54) is 24.5 Å². The predicted octanol–water partition coefficient (Wildman–Crippen LogP) is 0.207. The number of benzene rings is 1. The number of aromatic nitrogens is 1. The Labute approximate surface area is 159 Å². The largest absolute Gasteiger partial charge is 0.460 e. The van der Waals surface area contributed by atoms with E-state index in [0.29, 0.717) is 0 Å². The van der Waals surface area contributed by atoms with E-state index in [9.17, 15) is 28.3 Å². The van der Waals surface area contributed by atoms with Gasteiger partial charge in [-0.15, -0.1) is 0 Å². The number of halogens is 1. The molecule has 0 spiro atoms. The van der Waals surface area contributed by atoms with Crippen molar-refractivity contribution in [2.75, 3.05) is 0 Å². The molecule has 1 saturated heterocycles. The maximum absolute atomic E-state index is 12.2. The number of hydrogen-bond donors (Lipinski definition) is 4. The van der Waals surface area contributed by atoms with Crippen LogP contribution in [0.2, 0.25) is 0 Å². The summed E-state index contributed by atoms with van der Waals surface area (Å²) < 4.78 is 45.1. The first-order valence-electron chi connectivity index (χ1n) is 7.65. The van der Waals surface area contributed by atoms with Crippen molar-refractivity contribution in [2.45, 2.75) is 28.5 Å². The van der Waals surface area contributed by atoms with Crippen molar-refractivity contribution >= 4 is 21.7 Å². The maximum Gasteiger partial charge on any atom is 0.302 e. The molecule has 1 aromatic heterocycles. The maximum atomic E-state index is 12.2. The van der Waals surface area contributed by atoms with Gasteiger partial charge < -0.3 is 24.8 Å². The molecule has 0 bridgehead atoms. The SMILES string of the molecule is O=S(=O)(O)C1(c2ccncc2)O[C@@H](Oc2ccccc2)[C@@](O)(Cl)[C@@H](O)[C@@H]1O. The normalized spacial score (nSPS) is 34.2. The number of para-hydroxylation sites is 1. The molecule has 0 saturated carbocycles. The van der Waals surface area contributed by atoms with Gasteiger partial charge in [-0.25, -0.2) is 0 Å². The number of aliphatic hydroxyl groups excluding tert-OH is 2. The second-order valence-corrected chi connectivity index (χ2v) is 8.04. The molecule has 1 aliphatic rings. The Balaban J connectivity index is 2.14. The summed E-state index contributed by atoms with van der Waals surface area (Å²) in [5.41, 5.74) is -0.250. The second kappa shape index (κ2) is 6.99. The molecule has 1 fully saturated rings. The summed E-state index contributed by atoms with van der Waals surface area (Å²) in [4.78, 5) is 0.851. The van der Waals surface area contributed by atoms with Crippen molar-refractivity contribution in [3.8, 4) is 5.75 Å². The van der Waals surface area contributed by atoms with Gasteiger partial charge in [-0.3, -0.25) is 9.54 Å². The summed E-state index contributed by atoms with van der Waals surface area (Å²) in [5, 5.41) is 28.5. The third-order valence-corrected chi connectivity index (χ3v) is 5.91. The number of ether oxygens (including phenoxy) is 2. The zero-order chi connectivity index (χ0) is 19.9. The lowest BCUT2D eigenvalue weighted by Crippen LogP contribution is -2.70. The Bertz CT molecular complexity index is 895. The van der Waals surface area contributed by atoms with Gasteiger partial charge in [0, 0.05) is 18.0 Å². The zero-order valence-electron chi connectivity index (χ0n) is 13.6. The highest BCUT2D eigenvalue weighted by molar-refractivity contribution is 7.86. The van der Waals surface area contributed by atoms with Crippen molar-refractivity contribution in [1.29, 1.82) is 0 Å². The molecule has 5 atom stereocenters. The summed E-state index contributed by atoms with van der Waals surface area (Å²) in [6, 6.07) is 10.1. The van der Waals surface area contributed by atoms with Gasteiger partial charge in [0.15, 0.2) is 0 Å². The smallest absolute Gasteiger partial charge is 0.302 e. The molecular weight excluding hydrogens is 402 g/mol. The Kier molecular flexibility index (Phi) is 5.16. The highest BCUT2D eigenvalue weighted by atomic mass is 35.5. The quantitative estimate of drug-likeness (QED) is 0.404. The van der Waals surface area contributed by atoms with Crippen LogP contribution < -0.4 is 4.74 Å². The van der Waals surface area contributed by atoms with E-state index in [4.69, 9.17) is 21.1 Å². The summed E-state index contributed by atoms with van der Waals surface area (Å²) in [6.45, 7) is 0. The number of pyridine rings is 1. The lowest BCUT2D eigenvalue weighted by molar-refractivity contribution is -0.306. The molecule has 0 amide bonds. The van der Waals surface area contributed by atoms with E-state index in [0.717, 1.165) is 12.1 Å². The minimum Gasteiger partial charge on any atom is -0.460 e. The fourth-order valence-corrected chi connectivity index (χ4v) is 4.08. The Morgan fingerprint density at radius 1 is 1.07 bits per heavy atom. The van der Waals surface area contributed by atoms with Crippen molar-refractivity contribution < 1.29 is 37.8 Å². The first-order valence-corrected chi connectivity index (χ1v) is 9.47. The predicted molar refractivity (Wildman–Crippen MR) is 92.2 cm³/mol. The average Bonchev–Trinajstić information content (AvgIpc) is 2.63. The van der Waals surface area contributed by atoms with Gasteiger partial charge in [0.05, 0.1) is 0 Å². The molecule has 11 heteroatoms. The molecule has 2 heterocycles. The van der Waals surface area contributed by atoms with Crippen LogP contribution in [0.15, 0.2) is 54.9 Å². The number of rotatable bonds is 4. The Morgan fingerprint density at radius 2 is 1.67 bits per heavy atom. The molecule has 0 radical (unpaired) electrons. The molecule has 1 aromatic carbocycles. The van der Waals surface area contributed by atoms with Crippen LogP contribution in [0.5, 0.6) is 5.75 Å². The molecule has 1 unspecified atom stereocenters. The number of aliphatic hydroxyl groups is 3. The number of nitrogens with zero attached hydrogens (tertiary/aromatic N) is 1. The van der Waals surface area contributed by atoms with E-state index in [1.54, 1.807) is 18.2 Å². The Morgan fingerprint density at radius 3 is 2.22 bits per heavy atom. The molecule has 2 aromatic rings. The molecule has 0 aliphatic carbocycles. The molecular formula is C16H16ClNO8S. The summed E-state index contributed by atoms with van der Waals surface area (Å²) >= 11 is 5.90. The first kappa shape index (κ1) is 20.0. The fourth-order valence-electron chi connectivity index (χ4n) is 2.79. The van der Waals surface area contributed by atoms with Crippen molar-refractivity contribution in [3.63, 3.8) is 0 Å². The minimum absolute atomic E-state index is 0.129. The second-order valence-electron chi connectivity index (χ2n) is 5.88. The molecule has 27 heavy (non-hydrogen) atoms. The van der Waals surface area contributed by atoms with E-state index in [2.05, 4.69) is 4.98 Å². The molecule has 1 aliphatic heterocycles. The van der Waals surface area contributed by atoms with E-state index >= 15 is 0 Å². The van der Waals surface area contributed by atoms with Gasteiger partial charge in [0.1, 0.15) is 18.0 Å². The minimum atomic E-state index is -5.21. The average molecular weight is 418 g/mol. The van der Waals surface area contributed by atoms with Crippen LogP contribution in [0.4, 0.5) is 0 Å². The zero-order valence-corrected chi connectivity index (χ0v) is 15.2. The van der Waals surface area contributed by atoms with E-state index in [-0.39, 0.29) is 11.3 Å². The monoisotopic (exact) mass is 417 g/mol. The molecule has 9 nitrogen and oxygen atoms in total. The lowest BCUT2D eigenvalue weighted by Gasteiger charge is -2.49. The van der Waals surface area contributed by atoms with Gasteiger partial charge in [-0.2, -0.15) is 8.42 Å². The summed E-state index contributed by atoms with van der Waals surface area (Å²) in [6.07, 6.45) is -4.21. The van der Waals surface area contributed by atoms with Crippen LogP contribution in [-0.4, -0.2) is 56.8 Å². The van der Waals surface area contributed by atoms with E-state index < -0.39 is 38.6 Å². The van der Waals surface area contributed by atoms with Gasteiger partial charge >= 0.3 is 10.1 Å². The standard InChI is InChI=1S/C16H16ClNO8S/c17-15(21)12(19)13(20)16(27(22,23)24,10-6-8-18-9-7-10)26-14(15)25-11-4-2-1-3-5-11/h1-9,12-14,19-21H,(H,22,23,24)/t12-,13-,14+,15+,16?/m0/s1. The third kappa shape index (κ3) is 3.29. The highest BCUT2D eigenvalue weighted by Crippen LogP contribution is 2.47. The van der Waals surface area contributed by atoms with Crippen molar-refractivity contribution in [2.24, 2.45) is 0 Å². The third-order valence-electron chi connectivity index (χ3n) is 4.17. The van der Waals surface area contributed by atoms with Crippen LogP contribution in [0.25, 0.3) is 0 Å². The van der Waals surface area contributed by atoms with Crippen molar-refractivity contribution in [1.82, 2.24) is 4.98 Å². The van der Waals surface area contributed by atoms with Crippen LogP contribution >= 0.6 is 11.6 Å². The highest BCUT2D eigenvalue weighted by Gasteiger charge is 2.67. The van der Waals surface area contributed by atoms with Gasteiger partial charge in [0.2, 0.25) is 11.4 Å². The van der Waals surface area contributed by atoms with E-state index in [1.807, 2.05) is 0 Å². The first-order chi connectivity index (χ1) is 12.6. The molecule has 4 N–H and O–H groups in total. The van der Waals surface area contributed by atoms with Crippen molar-refractivity contribution in [3.05, 3.63) is 60.4 Å². The molecule has 146 valence electrons. The van der Waals surface area contributed by atoms with Gasteiger partial charge in [-0.1, -0.05) is 29.8 Å². The van der Waals surface area contributed by atoms with Gasteiger partial charge in [-0.05, 0) is 24.3 Å². The van der Waals surface area contributed by atoms with Gasteiger partial charge in [0.25, 0.3) is 4.93 Å².